The lowest BCUT2D eigenvalue weighted by Crippen LogP contribution is -1.87. The predicted molar refractivity (Wildman–Crippen MR) is 60.1 cm³/mol. The van der Waals surface area contributed by atoms with Gasteiger partial charge in [-0.05, 0) is 18.4 Å². The van der Waals surface area contributed by atoms with E-state index in [0.29, 0.717) is 5.75 Å². The summed E-state index contributed by atoms with van der Waals surface area (Å²) in [5.41, 5.74) is 0. The average molecular weight is 228 g/mol. The number of hydrogen-bond donors (Lipinski definition) is 0. The molecule has 2 rings (SSSR count). The number of rotatable bonds is 2. The second-order valence-electron chi connectivity index (χ2n) is 2.76. The number of halogens is 1. The van der Waals surface area contributed by atoms with Crippen molar-refractivity contribution in [1.29, 1.82) is 0 Å². The Hall–Kier alpha value is -0.740. The molecule has 0 spiro atoms. The lowest BCUT2D eigenvalue weighted by atomic mass is 10.2. The molecule has 0 bridgehead atoms. The largest absolute Gasteiger partial charge is 0.492 e. The summed E-state index contributed by atoms with van der Waals surface area (Å²) in [7, 11) is 1.50. The van der Waals surface area contributed by atoms with Gasteiger partial charge in [-0.1, -0.05) is 0 Å². The monoisotopic (exact) mass is 228 g/mol. The van der Waals surface area contributed by atoms with Gasteiger partial charge < -0.3 is 4.74 Å². The minimum Gasteiger partial charge on any atom is -0.492 e. The van der Waals surface area contributed by atoms with Crippen molar-refractivity contribution in [3.63, 3.8) is 0 Å². The number of fused-ring (bicyclic) bond motifs is 1. The maximum atomic E-state index is 13.3. The molecule has 0 saturated carbocycles. The smallest absolute Gasteiger partial charge is 0.172 e. The van der Waals surface area contributed by atoms with E-state index in [-0.39, 0.29) is 5.82 Å². The maximum absolute atomic E-state index is 13.3. The number of ether oxygens (including phenoxy) is 1. The van der Waals surface area contributed by atoms with Gasteiger partial charge >= 0.3 is 0 Å². The summed E-state index contributed by atoms with van der Waals surface area (Å²) in [6.07, 6.45) is 2.01. The fraction of sp³-hybridized carbons (Fsp3) is 0.200. The summed E-state index contributed by atoms with van der Waals surface area (Å²) in [6.45, 7) is 0. The van der Waals surface area contributed by atoms with E-state index in [9.17, 15) is 4.39 Å². The van der Waals surface area contributed by atoms with Gasteiger partial charge in [0.1, 0.15) is 0 Å². The highest BCUT2D eigenvalue weighted by molar-refractivity contribution is 7.99. The number of thiophene rings is 1. The van der Waals surface area contributed by atoms with E-state index in [4.69, 9.17) is 4.74 Å². The third-order valence-corrected chi connectivity index (χ3v) is 3.96. The number of methoxy groups -OCH3 is 1. The lowest BCUT2D eigenvalue weighted by molar-refractivity contribution is 0.392. The van der Waals surface area contributed by atoms with Crippen molar-refractivity contribution in [2.45, 2.75) is 4.90 Å². The fourth-order valence-electron chi connectivity index (χ4n) is 1.37. The molecule has 1 nitrogen and oxygen atoms in total. The van der Waals surface area contributed by atoms with E-state index in [1.807, 2.05) is 11.6 Å². The van der Waals surface area contributed by atoms with Gasteiger partial charge in [0.25, 0.3) is 0 Å². The summed E-state index contributed by atoms with van der Waals surface area (Å²) < 4.78 is 19.2. The van der Waals surface area contributed by atoms with Gasteiger partial charge in [0, 0.05) is 15.7 Å². The second kappa shape index (κ2) is 3.79. The zero-order valence-electron chi connectivity index (χ0n) is 7.83. The molecule has 0 aliphatic carbocycles. The van der Waals surface area contributed by atoms with Crippen LogP contribution < -0.4 is 4.74 Å². The molecule has 2 aromatic rings. The molecule has 74 valence electrons. The topological polar surface area (TPSA) is 9.23 Å². The molecule has 0 radical (unpaired) electrons. The Labute approximate surface area is 89.9 Å². The second-order valence-corrected chi connectivity index (χ2v) is 4.49. The minimum absolute atomic E-state index is 0.297. The van der Waals surface area contributed by atoms with Gasteiger partial charge in [-0.3, -0.25) is 0 Å². The van der Waals surface area contributed by atoms with E-state index in [1.54, 1.807) is 17.8 Å². The molecular formula is C10H9FOS2. The van der Waals surface area contributed by atoms with Crippen LogP contribution in [-0.2, 0) is 0 Å². The van der Waals surface area contributed by atoms with Crippen molar-refractivity contribution in [2.24, 2.45) is 0 Å². The number of hydrogen-bond acceptors (Lipinski definition) is 3. The molecule has 1 heterocycles. The highest BCUT2D eigenvalue weighted by Gasteiger charge is 2.11. The molecule has 1 aromatic carbocycles. The van der Waals surface area contributed by atoms with Crippen molar-refractivity contribution in [3.05, 3.63) is 23.3 Å². The van der Waals surface area contributed by atoms with Crippen molar-refractivity contribution in [1.82, 2.24) is 0 Å². The Kier molecular flexibility index (Phi) is 2.65. The van der Waals surface area contributed by atoms with Crippen molar-refractivity contribution < 1.29 is 9.13 Å². The summed E-state index contributed by atoms with van der Waals surface area (Å²) in [6, 6.07) is 3.25. The third-order valence-electron chi connectivity index (χ3n) is 2.04. The molecule has 0 unspecified atom stereocenters. The normalized spacial score (nSPS) is 10.8. The van der Waals surface area contributed by atoms with Crippen molar-refractivity contribution in [3.8, 4) is 5.75 Å². The first-order valence-corrected chi connectivity index (χ1v) is 6.16. The predicted octanol–water partition coefficient (Wildman–Crippen LogP) is 3.77. The van der Waals surface area contributed by atoms with Crippen molar-refractivity contribution in [2.75, 3.05) is 13.4 Å². The molecule has 14 heavy (non-hydrogen) atoms. The molecule has 0 aliphatic heterocycles. The molecule has 0 N–H and O–H groups in total. The standard InChI is InChI=1S/C10H9FOS2/c1-12-9-7(11)4-3-6-8(13-2)5-14-10(6)9/h3-5H,1-2H3. The number of thioether (sulfide) groups is 1. The first-order valence-electron chi connectivity index (χ1n) is 4.05. The van der Waals surface area contributed by atoms with E-state index in [2.05, 4.69) is 0 Å². The van der Waals surface area contributed by atoms with Crippen LogP contribution in [-0.4, -0.2) is 13.4 Å². The van der Waals surface area contributed by atoms with Crippen LogP contribution in [0.3, 0.4) is 0 Å². The van der Waals surface area contributed by atoms with Gasteiger partial charge in [0.2, 0.25) is 0 Å². The van der Waals surface area contributed by atoms with Crippen molar-refractivity contribution >= 4 is 33.2 Å². The zero-order valence-corrected chi connectivity index (χ0v) is 9.47. The van der Waals surface area contributed by atoms with Gasteiger partial charge in [0.15, 0.2) is 11.6 Å². The Bertz CT molecular complexity index is 464. The summed E-state index contributed by atoms with van der Waals surface area (Å²) in [4.78, 5) is 1.17. The SMILES string of the molecule is COc1c(F)ccc2c(SC)csc12. The third kappa shape index (κ3) is 1.38. The summed E-state index contributed by atoms with van der Waals surface area (Å²) >= 11 is 3.18. The van der Waals surface area contributed by atoms with Crippen LogP contribution in [0.1, 0.15) is 0 Å². The Morgan fingerprint density at radius 1 is 1.43 bits per heavy atom. The van der Waals surface area contributed by atoms with E-state index < -0.39 is 0 Å². The first kappa shape index (κ1) is 9.80. The Balaban J connectivity index is 2.76. The lowest BCUT2D eigenvalue weighted by Gasteiger charge is -2.02. The molecule has 0 fully saturated rings. The maximum Gasteiger partial charge on any atom is 0.172 e. The molecule has 0 aliphatic rings. The van der Waals surface area contributed by atoms with Gasteiger partial charge in [-0.15, -0.1) is 23.1 Å². The van der Waals surface area contributed by atoms with Crippen LogP contribution in [0.4, 0.5) is 4.39 Å². The Morgan fingerprint density at radius 2 is 2.21 bits per heavy atom. The summed E-state index contributed by atoms with van der Waals surface area (Å²) in [5, 5.41) is 3.10. The fourth-order valence-corrected chi connectivity index (χ4v) is 3.30. The van der Waals surface area contributed by atoms with Crippen LogP contribution in [0.2, 0.25) is 0 Å². The van der Waals surface area contributed by atoms with E-state index >= 15 is 0 Å². The average Bonchev–Trinajstić information content (AvgIpc) is 2.60. The summed E-state index contributed by atoms with van der Waals surface area (Å²) in [5.74, 6) is 0.0577. The molecule has 4 heteroatoms. The molecule has 0 saturated heterocycles. The quantitative estimate of drug-likeness (QED) is 0.724. The van der Waals surface area contributed by atoms with Gasteiger partial charge in [-0.25, -0.2) is 4.39 Å². The highest BCUT2D eigenvalue weighted by Crippen LogP contribution is 2.38. The van der Waals surface area contributed by atoms with Crippen LogP contribution in [0.5, 0.6) is 5.75 Å². The highest BCUT2D eigenvalue weighted by atomic mass is 32.2. The van der Waals surface area contributed by atoms with E-state index in [1.165, 1.54) is 29.4 Å². The van der Waals surface area contributed by atoms with Crippen LogP contribution in [0.25, 0.3) is 10.1 Å². The first-order chi connectivity index (χ1) is 6.77. The van der Waals surface area contributed by atoms with Crippen LogP contribution in [0, 0.1) is 5.82 Å². The van der Waals surface area contributed by atoms with Crippen LogP contribution in [0.15, 0.2) is 22.4 Å². The minimum atomic E-state index is -0.297. The van der Waals surface area contributed by atoms with E-state index in [0.717, 1.165) is 10.1 Å². The molecular weight excluding hydrogens is 219 g/mol. The number of benzene rings is 1. The molecule has 0 atom stereocenters. The molecule has 1 aromatic heterocycles. The van der Waals surface area contributed by atoms with Gasteiger partial charge in [-0.2, -0.15) is 0 Å². The van der Waals surface area contributed by atoms with Crippen LogP contribution >= 0.6 is 23.1 Å². The molecule has 0 amide bonds. The van der Waals surface area contributed by atoms with Gasteiger partial charge in [0.05, 0.1) is 11.8 Å². The Morgan fingerprint density at radius 3 is 2.86 bits per heavy atom. The zero-order chi connectivity index (χ0) is 10.1.